The molecule has 18 heavy (non-hydrogen) atoms. The molecule has 0 fully saturated rings. The van der Waals surface area contributed by atoms with Crippen LogP contribution >= 0.6 is 0 Å². The van der Waals surface area contributed by atoms with Crippen LogP contribution in [0.1, 0.15) is 13.8 Å². The molecule has 0 heterocycles. The standard InChI is InChI=1S/C12H19NO4S/c1-4-13(9-10(2)18(14,15)16)11-6-5-7-12(8-11)17-3/h5-8,10H,4,9H2,1-3H3,(H,14,15,16). The van der Waals surface area contributed by atoms with Gasteiger partial charge in [0.15, 0.2) is 0 Å². The van der Waals surface area contributed by atoms with Gasteiger partial charge in [0.25, 0.3) is 10.1 Å². The number of hydrogen-bond donors (Lipinski definition) is 1. The first-order valence-corrected chi connectivity index (χ1v) is 7.24. The topological polar surface area (TPSA) is 66.8 Å². The zero-order chi connectivity index (χ0) is 13.8. The van der Waals surface area contributed by atoms with Crippen LogP contribution in [0.25, 0.3) is 0 Å². The molecule has 5 nitrogen and oxygen atoms in total. The van der Waals surface area contributed by atoms with E-state index in [0.29, 0.717) is 12.3 Å². The molecular formula is C12H19NO4S. The molecule has 1 unspecified atom stereocenters. The highest BCUT2D eigenvalue weighted by Gasteiger charge is 2.20. The molecule has 0 saturated carbocycles. The SMILES string of the molecule is CCN(CC(C)S(=O)(=O)O)c1cccc(OC)c1. The van der Waals surface area contributed by atoms with Gasteiger partial charge in [-0.05, 0) is 26.0 Å². The average molecular weight is 273 g/mol. The van der Waals surface area contributed by atoms with Crippen molar-refractivity contribution in [1.82, 2.24) is 0 Å². The van der Waals surface area contributed by atoms with E-state index in [4.69, 9.17) is 9.29 Å². The minimum absolute atomic E-state index is 0.239. The third kappa shape index (κ3) is 3.89. The normalized spacial score (nSPS) is 13.1. The van der Waals surface area contributed by atoms with Gasteiger partial charge in [-0.2, -0.15) is 8.42 Å². The highest BCUT2D eigenvalue weighted by atomic mass is 32.2. The van der Waals surface area contributed by atoms with Crippen molar-refractivity contribution in [2.75, 3.05) is 25.1 Å². The van der Waals surface area contributed by atoms with E-state index < -0.39 is 15.4 Å². The minimum Gasteiger partial charge on any atom is -0.497 e. The Labute approximate surface area is 108 Å². The number of methoxy groups -OCH3 is 1. The first kappa shape index (κ1) is 14.8. The number of rotatable bonds is 6. The third-order valence-corrected chi connectivity index (χ3v) is 3.95. The molecule has 1 aromatic carbocycles. The fourth-order valence-electron chi connectivity index (χ4n) is 1.63. The zero-order valence-corrected chi connectivity index (χ0v) is 11.6. The van der Waals surface area contributed by atoms with Crippen LogP contribution in [-0.4, -0.2) is 38.4 Å². The molecule has 1 rings (SSSR count). The summed E-state index contributed by atoms with van der Waals surface area (Å²) in [6, 6.07) is 7.38. The van der Waals surface area contributed by atoms with E-state index in [1.54, 1.807) is 7.11 Å². The summed E-state index contributed by atoms with van der Waals surface area (Å²) in [4.78, 5) is 1.88. The van der Waals surface area contributed by atoms with Crippen LogP contribution in [0.5, 0.6) is 5.75 Å². The maximum Gasteiger partial charge on any atom is 0.269 e. The quantitative estimate of drug-likeness (QED) is 0.800. The van der Waals surface area contributed by atoms with Gasteiger partial charge in [0.2, 0.25) is 0 Å². The van der Waals surface area contributed by atoms with Gasteiger partial charge in [-0.3, -0.25) is 4.55 Å². The van der Waals surface area contributed by atoms with Crippen molar-refractivity contribution < 1.29 is 17.7 Å². The second-order valence-electron chi connectivity index (χ2n) is 4.07. The summed E-state index contributed by atoms with van der Waals surface area (Å²) >= 11 is 0. The number of anilines is 1. The number of benzene rings is 1. The van der Waals surface area contributed by atoms with Gasteiger partial charge in [0.05, 0.1) is 7.11 Å². The Balaban J connectivity index is 2.89. The number of nitrogens with zero attached hydrogens (tertiary/aromatic N) is 1. The van der Waals surface area contributed by atoms with E-state index in [-0.39, 0.29) is 6.54 Å². The van der Waals surface area contributed by atoms with Crippen LogP contribution in [0.3, 0.4) is 0 Å². The molecule has 0 aliphatic carbocycles. The van der Waals surface area contributed by atoms with Gasteiger partial charge in [0, 0.05) is 24.8 Å². The largest absolute Gasteiger partial charge is 0.497 e. The number of hydrogen-bond acceptors (Lipinski definition) is 4. The Morgan fingerprint density at radius 1 is 1.44 bits per heavy atom. The van der Waals surface area contributed by atoms with E-state index in [1.165, 1.54) is 6.92 Å². The molecule has 0 spiro atoms. The van der Waals surface area contributed by atoms with E-state index in [2.05, 4.69) is 0 Å². The van der Waals surface area contributed by atoms with Gasteiger partial charge in [-0.15, -0.1) is 0 Å². The number of ether oxygens (including phenoxy) is 1. The molecule has 0 aliphatic heterocycles. The van der Waals surface area contributed by atoms with Gasteiger partial charge < -0.3 is 9.64 Å². The summed E-state index contributed by atoms with van der Waals surface area (Å²) in [5.41, 5.74) is 0.868. The molecule has 0 bridgehead atoms. The van der Waals surface area contributed by atoms with Gasteiger partial charge in [0.1, 0.15) is 11.0 Å². The molecule has 0 amide bonds. The van der Waals surface area contributed by atoms with Crippen LogP contribution in [-0.2, 0) is 10.1 Å². The minimum atomic E-state index is -4.00. The average Bonchev–Trinajstić information content (AvgIpc) is 2.34. The lowest BCUT2D eigenvalue weighted by atomic mass is 10.2. The van der Waals surface area contributed by atoms with Crippen LogP contribution in [0.2, 0.25) is 0 Å². The van der Waals surface area contributed by atoms with Crippen molar-refractivity contribution in [3.05, 3.63) is 24.3 Å². The third-order valence-electron chi connectivity index (χ3n) is 2.79. The second-order valence-corrected chi connectivity index (χ2v) is 5.90. The van der Waals surface area contributed by atoms with E-state index in [0.717, 1.165) is 5.69 Å². The van der Waals surface area contributed by atoms with Crippen LogP contribution in [0.4, 0.5) is 5.69 Å². The predicted molar refractivity (Wildman–Crippen MR) is 71.9 cm³/mol. The summed E-state index contributed by atoms with van der Waals surface area (Å²) in [5.74, 6) is 0.713. The summed E-state index contributed by atoms with van der Waals surface area (Å²) < 4.78 is 36.2. The van der Waals surface area contributed by atoms with Gasteiger partial charge >= 0.3 is 0 Å². The molecule has 6 heteroatoms. The fourth-order valence-corrected chi connectivity index (χ4v) is 2.00. The molecule has 0 saturated heterocycles. The second kappa shape index (κ2) is 6.06. The highest BCUT2D eigenvalue weighted by Crippen LogP contribution is 2.21. The molecule has 1 atom stereocenters. The monoisotopic (exact) mass is 273 g/mol. The molecule has 1 aromatic rings. The van der Waals surface area contributed by atoms with E-state index in [1.807, 2.05) is 36.1 Å². The Morgan fingerprint density at radius 3 is 2.61 bits per heavy atom. The molecule has 1 N–H and O–H groups in total. The lowest BCUT2D eigenvalue weighted by molar-refractivity contribution is 0.415. The van der Waals surface area contributed by atoms with Crippen molar-refractivity contribution in [2.45, 2.75) is 19.1 Å². The van der Waals surface area contributed by atoms with Crippen molar-refractivity contribution in [1.29, 1.82) is 0 Å². The maximum absolute atomic E-state index is 11.0. The smallest absolute Gasteiger partial charge is 0.269 e. The molecule has 0 radical (unpaired) electrons. The summed E-state index contributed by atoms with van der Waals surface area (Å²) in [6.07, 6.45) is 0. The van der Waals surface area contributed by atoms with Crippen LogP contribution in [0.15, 0.2) is 24.3 Å². The summed E-state index contributed by atoms with van der Waals surface area (Å²) in [5, 5.41) is -0.830. The first-order valence-electron chi connectivity index (χ1n) is 5.73. The molecule has 102 valence electrons. The lowest BCUT2D eigenvalue weighted by Crippen LogP contribution is -2.35. The Bertz CT molecular complexity index is 487. The predicted octanol–water partition coefficient (Wildman–Crippen LogP) is 1.80. The van der Waals surface area contributed by atoms with E-state index in [9.17, 15) is 8.42 Å². The lowest BCUT2D eigenvalue weighted by Gasteiger charge is -2.25. The Hall–Kier alpha value is -1.27. The fraction of sp³-hybridized carbons (Fsp3) is 0.500. The molecule has 0 aliphatic rings. The van der Waals surface area contributed by atoms with E-state index >= 15 is 0 Å². The van der Waals surface area contributed by atoms with Crippen molar-refractivity contribution in [3.63, 3.8) is 0 Å². The summed E-state index contributed by atoms with van der Waals surface area (Å²) in [7, 11) is -2.43. The maximum atomic E-state index is 11.0. The van der Waals surface area contributed by atoms with Crippen LogP contribution < -0.4 is 9.64 Å². The molecular weight excluding hydrogens is 254 g/mol. The van der Waals surface area contributed by atoms with Gasteiger partial charge in [-0.25, -0.2) is 0 Å². The highest BCUT2D eigenvalue weighted by molar-refractivity contribution is 7.86. The Morgan fingerprint density at radius 2 is 2.11 bits per heavy atom. The van der Waals surface area contributed by atoms with Gasteiger partial charge in [-0.1, -0.05) is 6.07 Å². The zero-order valence-electron chi connectivity index (χ0n) is 10.8. The van der Waals surface area contributed by atoms with Crippen LogP contribution in [0, 0.1) is 0 Å². The summed E-state index contributed by atoms with van der Waals surface area (Å²) in [6.45, 7) is 4.30. The molecule has 0 aromatic heterocycles. The Kier molecular flexibility index (Phi) is 4.98. The van der Waals surface area contributed by atoms with Crippen molar-refractivity contribution in [2.24, 2.45) is 0 Å². The van der Waals surface area contributed by atoms with Crippen molar-refractivity contribution >= 4 is 15.8 Å². The first-order chi connectivity index (χ1) is 8.38. The van der Waals surface area contributed by atoms with Crippen molar-refractivity contribution in [3.8, 4) is 5.75 Å².